The molecule has 4 amide bonds. The molecule has 3 aliphatic heterocycles. The van der Waals surface area contributed by atoms with Gasteiger partial charge in [-0.05, 0) is 52.6 Å². The topological polar surface area (TPSA) is 245 Å². The van der Waals surface area contributed by atoms with E-state index in [1.54, 1.807) is 42.4 Å². The van der Waals surface area contributed by atoms with E-state index < -0.39 is 51.0 Å². The zero-order valence-corrected chi connectivity index (χ0v) is 40.9. The van der Waals surface area contributed by atoms with Crippen LogP contribution in [0.15, 0.2) is 53.0 Å². The third-order valence-electron chi connectivity index (χ3n) is 13.3. The number of carbonyl (C=O) groups excluding carboxylic acids is 4. The fraction of sp³-hybridized carbons (Fsp3) is 0.458. The van der Waals surface area contributed by atoms with E-state index in [0.717, 1.165) is 44.5 Å². The summed E-state index contributed by atoms with van der Waals surface area (Å²) in [7, 11) is -1.97. The third-order valence-corrected chi connectivity index (χ3v) is 15.1. The van der Waals surface area contributed by atoms with Crippen molar-refractivity contribution in [2.24, 2.45) is 18.2 Å². The average Bonchev–Trinajstić information content (AvgIpc) is 4.00. The number of hydrogen-bond donors (Lipinski definition) is 6. The maximum absolute atomic E-state index is 14.3. The minimum atomic E-state index is -3.63. The number of pyridine rings is 1. The van der Waals surface area contributed by atoms with Crippen LogP contribution in [0.1, 0.15) is 65.5 Å². The second-order valence-electron chi connectivity index (χ2n) is 19.4. The highest BCUT2D eigenvalue weighted by Crippen LogP contribution is 2.43. The molecule has 6 heterocycles. The zero-order chi connectivity index (χ0) is 48.8. The van der Waals surface area contributed by atoms with Crippen molar-refractivity contribution >= 4 is 61.4 Å². The average molecular weight is 969 g/mol. The summed E-state index contributed by atoms with van der Waals surface area (Å²) < 4.78 is 27.3. The van der Waals surface area contributed by atoms with Gasteiger partial charge in [0.15, 0.2) is 9.84 Å². The van der Waals surface area contributed by atoms with Gasteiger partial charge < -0.3 is 46.1 Å². The molecule has 2 fully saturated rings. The number of H-pyrrole nitrogens is 1. The maximum atomic E-state index is 14.3. The summed E-state index contributed by atoms with van der Waals surface area (Å²) in [5.41, 5.74) is 14.1. The number of primary amides is 1. The predicted octanol–water partition coefficient (Wildman–Crippen LogP) is 2.50. The molecule has 2 aromatic carbocycles. The first kappa shape index (κ1) is 48.5. The third kappa shape index (κ3) is 10.2. The number of anilines is 1. The summed E-state index contributed by atoms with van der Waals surface area (Å²) in [5.74, 6) is -2.31. The van der Waals surface area contributed by atoms with E-state index in [9.17, 15) is 37.5 Å². The van der Waals surface area contributed by atoms with Crippen molar-refractivity contribution in [2.45, 2.75) is 77.6 Å². The maximum Gasteiger partial charge on any atom is 0.274 e. The number of rotatable bonds is 14. The van der Waals surface area contributed by atoms with Crippen LogP contribution in [0, 0.1) is 12.3 Å². The highest BCUT2D eigenvalue weighted by Gasteiger charge is 2.44. The van der Waals surface area contributed by atoms with Crippen LogP contribution in [0.25, 0.3) is 32.5 Å². The first-order valence-corrected chi connectivity index (χ1v) is 25.7. The van der Waals surface area contributed by atoms with Gasteiger partial charge in [0.25, 0.3) is 5.56 Å². The first-order chi connectivity index (χ1) is 32.2. The Morgan fingerprint density at radius 2 is 1.76 bits per heavy atom. The second-order valence-corrected chi connectivity index (χ2v) is 22.4. The number of aliphatic hydroxyl groups is 1. The van der Waals surface area contributed by atoms with E-state index in [1.165, 1.54) is 9.47 Å². The second kappa shape index (κ2) is 19.2. The lowest BCUT2D eigenvalue weighted by Crippen LogP contribution is -2.59. The number of nitrogens with zero attached hydrogens (tertiary/aromatic N) is 5. The van der Waals surface area contributed by atoms with Gasteiger partial charge in [-0.3, -0.25) is 28.9 Å². The van der Waals surface area contributed by atoms with E-state index in [2.05, 4.69) is 30.8 Å². The molecule has 362 valence electrons. The molecule has 0 unspecified atom stereocenters. The molecule has 8 rings (SSSR count). The molecule has 5 aromatic rings. The Labute approximate surface area is 399 Å². The number of nitrogens with two attached hydrogens (primary N) is 1. The molecule has 3 aliphatic rings. The van der Waals surface area contributed by atoms with Gasteiger partial charge in [0.2, 0.25) is 23.6 Å². The summed E-state index contributed by atoms with van der Waals surface area (Å²) in [6, 6.07) is 7.58. The van der Waals surface area contributed by atoms with Crippen LogP contribution in [0.4, 0.5) is 5.69 Å². The number of likely N-dealkylation sites (tertiary alicyclic amines) is 1. The summed E-state index contributed by atoms with van der Waals surface area (Å²) in [5, 5.41) is 20.8. The largest absolute Gasteiger partial charge is 0.391 e. The number of aromatic nitrogens is 3. The molecular weight excluding hydrogens is 909 g/mol. The molecule has 2 saturated heterocycles. The Morgan fingerprint density at radius 1 is 1.06 bits per heavy atom. The number of hydrogen-bond acceptors (Lipinski definition) is 13. The Bertz CT molecular complexity index is 2950. The number of amides is 4. The van der Waals surface area contributed by atoms with Crippen LogP contribution in [0.3, 0.4) is 0 Å². The number of fused-ring (bicyclic) bond motifs is 2. The van der Waals surface area contributed by atoms with Gasteiger partial charge in [-0.1, -0.05) is 45.0 Å². The monoisotopic (exact) mass is 968 g/mol. The number of nitrogens with one attached hydrogen (secondary N) is 4. The molecule has 0 bridgehead atoms. The van der Waals surface area contributed by atoms with Crippen molar-refractivity contribution in [3.63, 3.8) is 0 Å². The van der Waals surface area contributed by atoms with Gasteiger partial charge in [0.1, 0.15) is 17.6 Å². The van der Waals surface area contributed by atoms with Crippen LogP contribution < -0.4 is 27.2 Å². The molecule has 68 heavy (non-hydrogen) atoms. The lowest BCUT2D eigenvalue weighted by molar-refractivity contribution is -0.144. The van der Waals surface area contributed by atoms with Gasteiger partial charge in [-0.25, -0.2) is 13.4 Å². The normalized spacial score (nSPS) is 18.2. The molecular formula is C48H60N10O8S2. The highest BCUT2D eigenvalue weighted by atomic mass is 32.2. The quantitative estimate of drug-likeness (QED) is 0.0941. The summed E-state index contributed by atoms with van der Waals surface area (Å²) >= 11 is 1.56. The van der Waals surface area contributed by atoms with Gasteiger partial charge in [0.05, 0.1) is 34.5 Å². The van der Waals surface area contributed by atoms with E-state index >= 15 is 0 Å². The van der Waals surface area contributed by atoms with Crippen molar-refractivity contribution in [1.82, 2.24) is 39.9 Å². The number of sulfone groups is 1. The number of piperazine rings is 1. The van der Waals surface area contributed by atoms with Crippen molar-refractivity contribution in [1.29, 1.82) is 0 Å². The number of aryl methyl sites for hydroxylation is 2. The zero-order valence-electron chi connectivity index (χ0n) is 39.3. The highest BCUT2D eigenvalue weighted by molar-refractivity contribution is 7.89. The van der Waals surface area contributed by atoms with Crippen LogP contribution in [0.2, 0.25) is 0 Å². The number of carbonyl (C=O) groups is 4. The molecule has 0 radical (unpaired) electrons. The minimum absolute atomic E-state index is 0.0294. The standard InChI is InChI=1S/C48H60N10O8S2/c1-27-42(67-26-53-27)29-9-7-28(8-10-29)19-52-45(62)37-17-31(59)22-58(37)47(64)43(48(2,3)4)54-38(60)24-57-15-13-56(14-16-57)12-11-32-35(25-68(6,65)66)33(44(49)61)18-36-40(32)34-23-55(5)46(63)41-39(34)30(20-50-36)21-51-41/h7-10,18,21,23,26,31,37,43,50-51,59H,11-17,19-20,22,24-25H2,1-6H3,(H2,49,61)(H,52,62)(H,54,60)/t31-,37+,43-/m1/s1. The van der Waals surface area contributed by atoms with E-state index in [0.29, 0.717) is 73.6 Å². The lowest BCUT2D eigenvalue weighted by Gasteiger charge is -2.37. The van der Waals surface area contributed by atoms with Gasteiger partial charge in [-0.15, -0.1) is 11.3 Å². The Morgan fingerprint density at radius 3 is 2.41 bits per heavy atom. The number of aromatic amines is 1. The van der Waals surface area contributed by atoms with Crippen LogP contribution in [-0.4, -0.2) is 137 Å². The summed E-state index contributed by atoms with van der Waals surface area (Å²) in [6.07, 6.45) is 4.20. The van der Waals surface area contributed by atoms with Gasteiger partial charge >= 0.3 is 0 Å². The molecule has 18 nitrogen and oxygen atoms in total. The molecule has 3 aromatic heterocycles. The number of benzene rings is 2. The van der Waals surface area contributed by atoms with Gasteiger partial charge in [0, 0.05) is 112 Å². The Kier molecular flexibility index (Phi) is 13.7. The number of β-amino-alcohol motifs (C(OH)–C–C–N with tert-alkyl or cyclic N) is 1. The van der Waals surface area contributed by atoms with Crippen LogP contribution in [0.5, 0.6) is 0 Å². The predicted molar refractivity (Wildman–Crippen MR) is 262 cm³/mol. The van der Waals surface area contributed by atoms with Crippen molar-refractivity contribution < 1.29 is 32.7 Å². The number of thiazole rings is 1. The number of aliphatic hydroxyl groups excluding tert-OH is 1. The van der Waals surface area contributed by atoms with Crippen molar-refractivity contribution in [2.75, 3.05) is 57.4 Å². The summed E-state index contributed by atoms with van der Waals surface area (Å²) in [6.45, 7) is 10.8. The van der Waals surface area contributed by atoms with E-state index in [4.69, 9.17) is 5.73 Å². The summed E-state index contributed by atoms with van der Waals surface area (Å²) in [4.78, 5) is 81.9. The lowest BCUT2D eigenvalue weighted by atomic mass is 9.85. The van der Waals surface area contributed by atoms with Crippen LogP contribution >= 0.6 is 11.3 Å². The SMILES string of the molecule is Cc1ncsc1-c1ccc(CNC(=O)[C@@H]2C[C@@H](O)CN2C(=O)[C@@H](NC(=O)CN2CCN(CCc3c(CS(C)(=O)=O)c(C(N)=O)cc4c3-c3cn(C)c(=O)c5[nH]cc(c35)CN4)CC2)C(C)(C)C)cc1. The fourth-order valence-corrected chi connectivity index (χ4v) is 11.4. The first-order valence-electron chi connectivity index (χ1n) is 22.8. The Balaban J connectivity index is 0.916. The molecule has 0 spiro atoms. The molecule has 3 atom stereocenters. The molecule has 0 aliphatic carbocycles. The van der Waals surface area contributed by atoms with E-state index in [1.807, 2.05) is 56.9 Å². The van der Waals surface area contributed by atoms with Gasteiger partial charge in [-0.2, -0.15) is 0 Å². The fourth-order valence-electron chi connectivity index (χ4n) is 9.73. The molecule has 0 saturated carbocycles. The Hall–Kier alpha value is -5.93. The van der Waals surface area contributed by atoms with Crippen LogP contribution in [-0.2, 0) is 56.5 Å². The van der Waals surface area contributed by atoms with Crippen molar-refractivity contribution in [3.8, 4) is 21.6 Å². The van der Waals surface area contributed by atoms with E-state index in [-0.39, 0.29) is 49.0 Å². The molecule has 20 heteroatoms. The smallest absolute Gasteiger partial charge is 0.274 e. The molecule has 7 N–H and O–H groups in total. The minimum Gasteiger partial charge on any atom is -0.391 e. The van der Waals surface area contributed by atoms with Crippen molar-refractivity contribution in [3.05, 3.63) is 92.1 Å².